The van der Waals surface area contributed by atoms with Gasteiger partial charge in [0.05, 0.1) is 5.69 Å². The fourth-order valence-corrected chi connectivity index (χ4v) is 5.03. The third kappa shape index (κ3) is 4.87. The Kier molecular flexibility index (Phi) is 6.41. The summed E-state index contributed by atoms with van der Waals surface area (Å²) in [4.78, 5) is 31.6. The molecule has 3 aromatic rings. The normalized spacial score (nSPS) is 19.2. The minimum atomic E-state index is -1.06. The van der Waals surface area contributed by atoms with Crippen molar-refractivity contribution in [1.82, 2.24) is 19.6 Å². The molecule has 2 aromatic heterocycles. The van der Waals surface area contributed by atoms with Crippen LogP contribution in [0.25, 0.3) is 16.9 Å². The maximum Gasteiger partial charge on any atom is 0.277 e. The lowest BCUT2D eigenvalue weighted by Gasteiger charge is -2.36. The molecule has 1 saturated carbocycles. The number of hydrogen-bond acceptors (Lipinski definition) is 5. The van der Waals surface area contributed by atoms with Crippen LogP contribution in [0, 0.1) is 11.3 Å². The van der Waals surface area contributed by atoms with E-state index >= 15 is 0 Å². The standard InChI is InChI=1S/C26H34N4O3/c1-5-20-22-25(33)28-23(17-9-6-16(7-10-17)8-15-21(31)32)29-30(22)24(27-20)18-11-13-19(14-12-18)26(2,3)4/h6-7,9-10,18-19H,5,8,11-15H2,1-4H3,(H,31,32)(H,28,29,33)/p-1. The molecular formula is C26H33N4O3-. The number of imidazole rings is 1. The summed E-state index contributed by atoms with van der Waals surface area (Å²) in [7, 11) is 0. The lowest BCUT2D eigenvalue weighted by atomic mass is 9.70. The number of aromatic amines is 1. The Hall–Kier alpha value is -2.96. The Labute approximate surface area is 194 Å². The number of aromatic nitrogens is 4. The van der Waals surface area contributed by atoms with Gasteiger partial charge in [0.1, 0.15) is 5.82 Å². The molecule has 7 nitrogen and oxygen atoms in total. The van der Waals surface area contributed by atoms with E-state index in [0.717, 1.165) is 48.3 Å². The summed E-state index contributed by atoms with van der Waals surface area (Å²) in [5, 5.41) is 15.5. The predicted octanol–water partition coefficient (Wildman–Crippen LogP) is 3.65. The van der Waals surface area contributed by atoms with Gasteiger partial charge in [-0.05, 0) is 61.8 Å². The second-order valence-electron chi connectivity index (χ2n) is 10.3. The zero-order valence-corrected chi connectivity index (χ0v) is 20.0. The number of aliphatic carboxylic acids is 1. The molecule has 2 heterocycles. The number of fused-ring (bicyclic) bond motifs is 1. The number of rotatable bonds is 6. The molecule has 1 aliphatic carbocycles. The zero-order valence-electron chi connectivity index (χ0n) is 20.0. The SMILES string of the molecule is CCc1nc(C2CCC(C(C)(C)C)CC2)n2nc(-c3ccc(CCC(=O)[O-])cc3)[nH]c(=O)c12. The van der Waals surface area contributed by atoms with Gasteiger partial charge in [-0.2, -0.15) is 0 Å². The largest absolute Gasteiger partial charge is 0.550 e. The van der Waals surface area contributed by atoms with Gasteiger partial charge >= 0.3 is 0 Å². The van der Waals surface area contributed by atoms with Crippen LogP contribution in [0.4, 0.5) is 0 Å². The summed E-state index contributed by atoms with van der Waals surface area (Å²) in [6, 6.07) is 7.45. The van der Waals surface area contributed by atoms with Crippen molar-refractivity contribution < 1.29 is 9.90 Å². The van der Waals surface area contributed by atoms with Crippen LogP contribution in [-0.2, 0) is 17.6 Å². The summed E-state index contributed by atoms with van der Waals surface area (Å²) in [6.45, 7) is 8.96. The van der Waals surface area contributed by atoms with Crippen LogP contribution in [0.1, 0.15) is 82.8 Å². The number of benzene rings is 1. The lowest BCUT2D eigenvalue weighted by Crippen LogP contribution is -2.26. The topological polar surface area (TPSA) is 103 Å². The lowest BCUT2D eigenvalue weighted by molar-refractivity contribution is -0.305. The summed E-state index contributed by atoms with van der Waals surface area (Å²) < 4.78 is 1.78. The average Bonchev–Trinajstić information content (AvgIpc) is 3.17. The van der Waals surface area contributed by atoms with Crippen molar-refractivity contribution in [2.75, 3.05) is 0 Å². The first-order valence-electron chi connectivity index (χ1n) is 12.0. The van der Waals surface area contributed by atoms with Crippen molar-refractivity contribution >= 4 is 11.5 Å². The molecule has 7 heteroatoms. The molecule has 0 amide bonds. The highest BCUT2D eigenvalue weighted by molar-refractivity contribution is 5.65. The van der Waals surface area contributed by atoms with Crippen molar-refractivity contribution in [2.24, 2.45) is 11.3 Å². The quantitative estimate of drug-likeness (QED) is 0.619. The number of hydrogen-bond donors (Lipinski definition) is 1. The van der Waals surface area contributed by atoms with E-state index in [1.165, 1.54) is 0 Å². The predicted molar refractivity (Wildman–Crippen MR) is 126 cm³/mol. The second-order valence-corrected chi connectivity index (χ2v) is 10.3. The number of carbonyl (C=O) groups excluding carboxylic acids is 1. The molecule has 0 unspecified atom stereocenters. The Balaban J connectivity index is 1.67. The molecule has 0 aliphatic heterocycles. The fraction of sp³-hybridized carbons (Fsp3) is 0.538. The van der Waals surface area contributed by atoms with Gasteiger partial charge in [0.15, 0.2) is 11.3 Å². The molecule has 176 valence electrons. The minimum Gasteiger partial charge on any atom is -0.550 e. The number of carbonyl (C=O) groups is 1. The van der Waals surface area contributed by atoms with Gasteiger partial charge in [0.2, 0.25) is 0 Å². The van der Waals surface area contributed by atoms with Gasteiger partial charge in [-0.1, -0.05) is 52.0 Å². The first-order chi connectivity index (χ1) is 15.7. The van der Waals surface area contributed by atoms with Gasteiger partial charge in [-0.3, -0.25) is 4.79 Å². The number of carboxylic acids is 1. The molecule has 1 fully saturated rings. The number of nitrogens with zero attached hydrogens (tertiary/aromatic N) is 3. The zero-order chi connectivity index (χ0) is 23.8. The first kappa shape index (κ1) is 23.2. The number of nitrogens with one attached hydrogen (secondary N) is 1. The Morgan fingerprint density at radius 2 is 1.82 bits per heavy atom. The van der Waals surface area contributed by atoms with E-state index in [1.807, 2.05) is 31.2 Å². The monoisotopic (exact) mass is 449 g/mol. The van der Waals surface area contributed by atoms with Crippen molar-refractivity contribution in [2.45, 2.75) is 78.6 Å². The van der Waals surface area contributed by atoms with E-state index in [1.54, 1.807) is 4.52 Å². The van der Waals surface area contributed by atoms with Crippen molar-refractivity contribution in [3.63, 3.8) is 0 Å². The Morgan fingerprint density at radius 1 is 1.15 bits per heavy atom. The molecule has 1 N–H and O–H groups in total. The van der Waals surface area contributed by atoms with Crippen LogP contribution < -0.4 is 10.7 Å². The summed E-state index contributed by atoms with van der Waals surface area (Å²) in [5.74, 6) is 1.32. The summed E-state index contributed by atoms with van der Waals surface area (Å²) in [6.07, 6.45) is 5.51. The van der Waals surface area contributed by atoms with Crippen molar-refractivity contribution in [3.8, 4) is 11.4 Å². The number of H-pyrrole nitrogens is 1. The van der Waals surface area contributed by atoms with E-state index in [9.17, 15) is 14.7 Å². The van der Waals surface area contributed by atoms with Crippen LogP contribution in [-0.4, -0.2) is 25.6 Å². The smallest absolute Gasteiger partial charge is 0.277 e. The molecule has 1 aliphatic rings. The van der Waals surface area contributed by atoms with E-state index < -0.39 is 5.97 Å². The highest BCUT2D eigenvalue weighted by atomic mass is 16.4. The van der Waals surface area contributed by atoms with Gasteiger partial charge in [-0.15, -0.1) is 5.10 Å². The van der Waals surface area contributed by atoms with Gasteiger partial charge in [-0.25, -0.2) is 9.50 Å². The molecule has 0 atom stereocenters. The van der Waals surface area contributed by atoms with Gasteiger partial charge in [0.25, 0.3) is 5.56 Å². The van der Waals surface area contributed by atoms with Crippen molar-refractivity contribution in [3.05, 3.63) is 51.7 Å². The Bertz CT molecular complexity index is 1190. The van der Waals surface area contributed by atoms with Crippen molar-refractivity contribution in [1.29, 1.82) is 0 Å². The average molecular weight is 450 g/mol. The van der Waals surface area contributed by atoms with Crippen LogP contribution >= 0.6 is 0 Å². The molecule has 0 spiro atoms. The van der Waals surface area contributed by atoms with Crippen LogP contribution in [0.3, 0.4) is 0 Å². The van der Waals surface area contributed by atoms with Crippen LogP contribution in [0.5, 0.6) is 0 Å². The molecule has 0 bridgehead atoms. The third-order valence-corrected chi connectivity index (χ3v) is 7.10. The van der Waals surface area contributed by atoms with E-state index in [0.29, 0.717) is 41.4 Å². The van der Waals surface area contributed by atoms with E-state index in [-0.39, 0.29) is 12.0 Å². The minimum absolute atomic E-state index is 0.0178. The van der Waals surface area contributed by atoms with Gasteiger partial charge in [0, 0.05) is 17.5 Å². The fourth-order valence-electron chi connectivity index (χ4n) is 5.03. The number of aryl methyl sites for hydroxylation is 2. The van der Waals surface area contributed by atoms with Crippen LogP contribution in [0.2, 0.25) is 0 Å². The molecule has 0 radical (unpaired) electrons. The van der Waals surface area contributed by atoms with Crippen LogP contribution in [0.15, 0.2) is 29.1 Å². The highest BCUT2D eigenvalue weighted by Gasteiger charge is 2.32. The third-order valence-electron chi connectivity index (χ3n) is 7.10. The highest BCUT2D eigenvalue weighted by Crippen LogP contribution is 2.43. The maximum atomic E-state index is 13.0. The molecular weight excluding hydrogens is 416 g/mol. The molecule has 33 heavy (non-hydrogen) atoms. The molecule has 0 saturated heterocycles. The van der Waals surface area contributed by atoms with Gasteiger partial charge < -0.3 is 14.9 Å². The second kappa shape index (κ2) is 9.12. The number of carboxylic acid groups (broad SMARTS) is 1. The Morgan fingerprint density at radius 3 is 2.39 bits per heavy atom. The van der Waals surface area contributed by atoms with E-state index in [2.05, 4.69) is 25.8 Å². The molecule has 1 aromatic carbocycles. The first-order valence-corrected chi connectivity index (χ1v) is 12.0. The summed E-state index contributed by atoms with van der Waals surface area (Å²) >= 11 is 0. The summed E-state index contributed by atoms with van der Waals surface area (Å²) in [5.41, 5.74) is 3.14. The van der Waals surface area contributed by atoms with E-state index in [4.69, 9.17) is 10.1 Å². The molecule has 4 rings (SSSR count). The maximum absolute atomic E-state index is 13.0.